The molecule has 0 saturated carbocycles. The van der Waals surface area contributed by atoms with Crippen LogP contribution in [0.2, 0.25) is 0 Å². The number of hydrogen-bond acceptors (Lipinski definition) is 1. The van der Waals surface area contributed by atoms with Crippen LogP contribution in [-0.4, -0.2) is 9.38 Å². The maximum atomic E-state index is 4.31. The van der Waals surface area contributed by atoms with Gasteiger partial charge in [-0.2, -0.15) is 0 Å². The van der Waals surface area contributed by atoms with Crippen LogP contribution in [0.15, 0.2) is 36.8 Å². The molecule has 0 aliphatic heterocycles. The Labute approximate surface area is 101 Å². The maximum absolute atomic E-state index is 4.31. The van der Waals surface area contributed by atoms with Crippen LogP contribution in [0.25, 0.3) is 16.4 Å². The quantitative estimate of drug-likeness (QED) is 0.554. The van der Waals surface area contributed by atoms with Crippen molar-refractivity contribution in [2.75, 3.05) is 0 Å². The fourth-order valence-corrected chi connectivity index (χ4v) is 1.74. The summed E-state index contributed by atoms with van der Waals surface area (Å²) in [6, 6.07) is 9.51. The molecule has 3 rings (SSSR count). The molecule has 3 heteroatoms. The van der Waals surface area contributed by atoms with E-state index in [0.29, 0.717) is 0 Å². The summed E-state index contributed by atoms with van der Waals surface area (Å²) in [5, 5.41) is 2.28. The molecule has 0 aliphatic carbocycles. The molecular weight excluding hydrogens is 364 g/mol. The second-order valence-corrected chi connectivity index (χ2v) is 3.48. The number of aromatic nitrogens is 2. The monoisotopic (exact) mass is 374 g/mol. The maximum Gasteiger partial charge on any atom is 0.0603 e. The predicted octanol–water partition coefficient (Wildman–Crippen LogP) is 2.59. The minimum atomic E-state index is 0. The standard InChI is InChI=1S/C12H9N2.Ir/c1-9-2-3-11-10(8-9)4-6-14-7-5-13-12(11)14;/h2,4-8H,1H3;/q-1;. The van der Waals surface area contributed by atoms with E-state index >= 15 is 0 Å². The van der Waals surface area contributed by atoms with Gasteiger partial charge >= 0.3 is 0 Å². The van der Waals surface area contributed by atoms with Gasteiger partial charge in [-0.25, -0.2) is 0 Å². The molecule has 0 aliphatic rings. The van der Waals surface area contributed by atoms with Crippen molar-refractivity contribution < 1.29 is 20.1 Å². The number of pyridine rings is 1. The molecule has 3 aromatic rings. The minimum Gasteiger partial charge on any atom is -0.347 e. The number of hydrogen-bond donors (Lipinski definition) is 0. The van der Waals surface area contributed by atoms with Crippen LogP contribution in [-0.2, 0) is 20.1 Å². The van der Waals surface area contributed by atoms with Gasteiger partial charge in [0.15, 0.2) is 0 Å². The number of nitrogens with zero attached hydrogens (tertiary/aromatic N) is 2. The van der Waals surface area contributed by atoms with Gasteiger partial charge in [0.05, 0.1) is 5.65 Å². The van der Waals surface area contributed by atoms with Crippen LogP contribution in [0, 0.1) is 13.0 Å². The van der Waals surface area contributed by atoms with Gasteiger partial charge in [-0.1, -0.05) is 13.0 Å². The van der Waals surface area contributed by atoms with E-state index in [9.17, 15) is 0 Å². The number of imidazole rings is 1. The minimum absolute atomic E-state index is 0. The molecule has 0 atom stereocenters. The SMILES string of the molecule is Cc1c[c-]c2c(ccn3ccnc23)c1.[Ir]. The van der Waals surface area contributed by atoms with E-state index in [4.69, 9.17) is 0 Å². The third kappa shape index (κ3) is 1.58. The molecule has 0 bridgehead atoms. The Balaban J connectivity index is 0.000000853. The zero-order valence-corrected chi connectivity index (χ0v) is 10.6. The topological polar surface area (TPSA) is 17.3 Å². The van der Waals surface area contributed by atoms with Gasteiger partial charge < -0.3 is 4.40 Å². The Kier molecular flexibility index (Phi) is 2.59. The Bertz CT molecular complexity index is 613. The smallest absolute Gasteiger partial charge is 0.0603 e. The zero-order chi connectivity index (χ0) is 9.54. The van der Waals surface area contributed by atoms with Gasteiger partial charge in [0.25, 0.3) is 0 Å². The second kappa shape index (κ2) is 3.76. The first-order valence-electron chi connectivity index (χ1n) is 4.58. The summed E-state index contributed by atoms with van der Waals surface area (Å²) in [5.74, 6) is 0. The molecule has 1 aromatic carbocycles. The molecule has 2 nitrogen and oxygen atoms in total. The summed E-state index contributed by atoms with van der Waals surface area (Å²) < 4.78 is 2.01. The number of benzene rings is 1. The van der Waals surface area contributed by atoms with Crippen molar-refractivity contribution in [2.24, 2.45) is 0 Å². The summed E-state index contributed by atoms with van der Waals surface area (Å²) in [6.07, 6.45) is 5.78. The van der Waals surface area contributed by atoms with E-state index in [2.05, 4.69) is 30.1 Å². The third-order valence-electron chi connectivity index (χ3n) is 2.42. The van der Waals surface area contributed by atoms with Crippen LogP contribution in [0.5, 0.6) is 0 Å². The van der Waals surface area contributed by atoms with Crippen molar-refractivity contribution in [3.8, 4) is 0 Å². The van der Waals surface area contributed by atoms with Crippen LogP contribution < -0.4 is 0 Å². The molecule has 0 spiro atoms. The van der Waals surface area contributed by atoms with E-state index in [1.165, 1.54) is 10.9 Å². The Morgan fingerprint density at radius 3 is 3.07 bits per heavy atom. The summed E-state index contributed by atoms with van der Waals surface area (Å²) in [4.78, 5) is 4.31. The average molecular weight is 373 g/mol. The van der Waals surface area contributed by atoms with Crippen LogP contribution in [0.4, 0.5) is 0 Å². The van der Waals surface area contributed by atoms with E-state index in [0.717, 1.165) is 11.0 Å². The molecule has 2 aromatic heterocycles. The van der Waals surface area contributed by atoms with Crippen molar-refractivity contribution in [1.29, 1.82) is 0 Å². The van der Waals surface area contributed by atoms with E-state index in [-0.39, 0.29) is 20.1 Å². The molecule has 77 valence electrons. The van der Waals surface area contributed by atoms with Gasteiger partial charge in [-0.3, -0.25) is 4.98 Å². The normalized spacial score (nSPS) is 10.5. The zero-order valence-electron chi connectivity index (χ0n) is 8.19. The first-order valence-corrected chi connectivity index (χ1v) is 4.58. The van der Waals surface area contributed by atoms with Gasteiger partial charge in [0, 0.05) is 32.5 Å². The number of aryl methyl sites for hydroxylation is 1. The molecule has 15 heavy (non-hydrogen) atoms. The largest absolute Gasteiger partial charge is 0.347 e. The Morgan fingerprint density at radius 1 is 1.33 bits per heavy atom. The van der Waals surface area contributed by atoms with Crippen molar-refractivity contribution in [3.63, 3.8) is 0 Å². The van der Waals surface area contributed by atoms with E-state index in [1.54, 1.807) is 0 Å². The summed E-state index contributed by atoms with van der Waals surface area (Å²) in [6.45, 7) is 2.08. The Hall–Kier alpha value is -1.18. The molecule has 2 heterocycles. The second-order valence-electron chi connectivity index (χ2n) is 3.48. The van der Waals surface area contributed by atoms with Crippen LogP contribution in [0.3, 0.4) is 0 Å². The van der Waals surface area contributed by atoms with Crippen LogP contribution >= 0.6 is 0 Å². The van der Waals surface area contributed by atoms with Crippen molar-refractivity contribution in [1.82, 2.24) is 9.38 Å². The average Bonchev–Trinajstić information content (AvgIpc) is 2.65. The number of rotatable bonds is 0. The van der Waals surface area contributed by atoms with E-state index < -0.39 is 0 Å². The molecule has 0 unspecified atom stereocenters. The first kappa shape index (κ1) is 10.3. The predicted molar refractivity (Wildman–Crippen MR) is 56.3 cm³/mol. The fraction of sp³-hybridized carbons (Fsp3) is 0.0833. The molecule has 1 radical (unpaired) electrons. The van der Waals surface area contributed by atoms with Crippen molar-refractivity contribution in [3.05, 3.63) is 48.4 Å². The van der Waals surface area contributed by atoms with Crippen molar-refractivity contribution in [2.45, 2.75) is 6.92 Å². The summed E-state index contributed by atoms with van der Waals surface area (Å²) in [7, 11) is 0. The summed E-state index contributed by atoms with van der Waals surface area (Å²) >= 11 is 0. The molecule has 0 amide bonds. The van der Waals surface area contributed by atoms with E-state index in [1.807, 2.05) is 29.1 Å². The number of fused-ring (bicyclic) bond motifs is 3. The third-order valence-corrected chi connectivity index (χ3v) is 2.42. The fourth-order valence-electron chi connectivity index (χ4n) is 1.74. The van der Waals surface area contributed by atoms with Gasteiger partial charge in [-0.15, -0.1) is 34.5 Å². The summed E-state index contributed by atoms with van der Waals surface area (Å²) in [5.41, 5.74) is 2.20. The molecule has 0 saturated heterocycles. The van der Waals surface area contributed by atoms with Gasteiger partial charge in [-0.05, 0) is 6.20 Å². The van der Waals surface area contributed by atoms with Crippen LogP contribution in [0.1, 0.15) is 5.56 Å². The Morgan fingerprint density at radius 2 is 2.20 bits per heavy atom. The molecule has 0 fully saturated rings. The molecule has 0 N–H and O–H groups in total. The molecular formula is C12H9IrN2-. The van der Waals surface area contributed by atoms with Crippen molar-refractivity contribution >= 4 is 16.4 Å². The van der Waals surface area contributed by atoms with Gasteiger partial charge in [0.2, 0.25) is 0 Å². The van der Waals surface area contributed by atoms with Gasteiger partial charge in [0.1, 0.15) is 0 Å². The first-order chi connectivity index (χ1) is 6.84.